The molecule has 5 heteroatoms. The molecule has 0 saturated carbocycles. The lowest BCUT2D eigenvalue weighted by molar-refractivity contribution is -0.136. The van der Waals surface area contributed by atoms with E-state index in [1.54, 1.807) is 24.1 Å². The molecule has 2 heterocycles. The van der Waals surface area contributed by atoms with Gasteiger partial charge in [0, 0.05) is 23.6 Å². The van der Waals surface area contributed by atoms with Gasteiger partial charge in [-0.1, -0.05) is 0 Å². The van der Waals surface area contributed by atoms with E-state index in [0.717, 1.165) is 30.2 Å². The number of likely N-dealkylation sites (tertiary alicyclic amines) is 1. The first-order chi connectivity index (χ1) is 10.6. The predicted octanol–water partition coefficient (Wildman–Crippen LogP) is 2.61. The quantitative estimate of drug-likeness (QED) is 0.916. The molecule has 1 aliphatic rings. The summed E-state index contributed by atoms with van der Waals surface area (Å²) in [6.45, 7) is 2.44. The number of aliphatic hydroxyl groups is 1. The van der Waals surface area contributed by atoms with Gasteiger partial charge in [-0.2, -0.15) is 0 Å². The highest BCUT2D eigenvalue weighted by Gasteiger charge is 2.30. The second-order valence-corrected chi connectivity index (χ2v) is 6.07. The van der Waals surface area contributed by atoms with Gasteiger partial charge in [-0.05, 0) is 49.9 Å². The van der Waals surface area contributed by atoms with Gasteiger partial charge in [0.2, 0.25) is 5.91 Å². The van der Waals surface area contributed by atoms with Crippen molar-refractivity contribution in [2.45, 2.75) is 44.8 Å². The number of H-pyrrole nitrogens is 1. The van der Waals surface area contributed by atoms with Gasteiger partial charge in [-0.25, -0.2) is 4.39 Å². The number of rotatable bonds is 3. The molecule has 1 aromatic heterocycles. The Hall–Kier alpha value is -1.88. The summed E-state index contributed by atoms with van der Waals surface area (Å²) < 4.78 is 13.2. The molecule has 1 fully saturated rings. The number of nitrogens with zero attached hydrogens (tertiary/aromatic N) is 1. The molecule has 2 aromatic rings. The molecular formula is C17H21FN2O2. The normalized spacial score (nSPS) is 20.3. The number of aromatic amines is 1. The number of halogens is 1. The van der Waals surface area contributed by atoms with Crippen molar-refractivity contribution in [2.75, 3.05) is 6.54 Å². The fourth-order valence-corrected chi connectivity index (χ4v) is 3.34. The maximum Gasteiger partial charge on any atom is 0.227 e. The second kappa shape index (κ2) is 6.08. The van der Waals surface area contributed by atoms with Crippen molar-refractivity contribution in [1.29, 1.82) is 0 Å². The summed E-state index contributed by atoms with van der Waals surface area (Å²) in [6, 6.07) is 4.45. The standard InChI is InChI=1S/C17H21FN2O2/c1-11(21)16-4-2-3-7-20(16)17(22)8-12-10-19-15-9-13(18)5-6-14(12)15/h5-6,9-11,16,19,21H,2-4,7-8H2,1H3. The topological polar surface area (TPSA) is 56.3 Å². The number of piperidine rings is 1. The minimum atomic E-state index is -0.513. The molecule has 118 valence electrons. The van der Waals surface area contributed by atoms with Gasteiger partial charge < -0.3 is 15.0 Å². The van der Waals surface area contributed by atoms with Crippen LogP contribution in [0.3, 0.4) is 0 Å². The fraction of sp³-hybridized carbons (Fsp3) is 0.471. The fourth-order valence-electron chi connectivity index (χ4n) is 3.34. The predicted molar refractivity (Wildman–Crippen MR) is 83.0 cm³/mol. The molecule has 3 rings (SSSR count). The number of amides is 1. The molecule has 2 atom stereocenters. The SMILES string of the molecule is CC(O)C1CCCCN1C(=O)Cc1c[nH]c2cc(F)ccc12. The van der Waals surface area contributed by atoms with E-state index in [2.05, 4.69) is 4.98 Å². The Kier molecular flexibility index (Phi) is 4.16. The minimum Gasteiger partial charge on any atom is -0.391 e. The van der Waals surface area contributed by atoms with Gasteiger partial charge in [-0.15, -0.1) is 0 Å². The molecular weight excluding hydrogens is 283 g/mol. The Morgan fingerprint density at radius 1 is 1.50 bits per heavy atom. The third-order valence-electron chi connectivity index (χ3n) is 4.50. The van der Waals surface area contributed by atoms with Gasteiger partial charge in [0.15, 0.2) is 0 Å². The smallest absolute Gasteiger partial charge is 0.227 e. The molecule has 0 aliphatic carbocycles. The lowest BCUT2D eigenvalue weighted by Gasteiger charge is -2.37. The summed E-state index contributed by atoms with van der Waals surface area (Å²) in [5, 5.41) is 10.8. The number of nitrogens with one attached hydrogen (secondary N) is 1. The van der Waals surface area contributed by atoms with Crippen LogP contribution in [-0.4, -0.2) is 39.6 Å². The number of carbonyl (C=O) groups is 1. The van der Waals surface area contributed by atoms with Crippen molar-refractivity contribution in [3.63, 3.8) is 0 Å². The van der Waals surface area contributed by atoms with Crippen LogP contribution in [0.25, 0.3) is 10.9 Å². The van der Waals surface area contributed by atoms with Crippen LogP contribution in [0.2, 0.25) is 0 Å². The summed E-state index contributed by atoms with van der Waals surface area (Å²) in [4.78, 5) is 17.4. The molecule has 22 heavy (non-hydrogen) atoms. The summed E-state index contributed by atoms with van der Waals surface area (Å²) in [5.41, 5.74) is 1.57. The van der Waals surface area contributed by atoms with E-state index in [0.29, 0.717) is 12.1 Å². The zero-order chi connectivity index (χ0) is 15.7. The molecule has 1 aromatic carbocycles. The van der Waals surface area contributed by atoms with Gasteiger partial charge in [0.05, 0.1) is 18.6 Å². The Balaban J connectivity index is 1.80. The highest BCUT2D eigenvalue weighted by atomic mass is 19.1. The van der Waals surface area contributed by atoms with E-state index in [1.807, 2.05) is 0 Å². The first-order valence-corrected chi connectivity index (χ1v) is 7.79. The Bertz CT molecular complexity index is 680. The third kappa shape index (κ3) is 2.86. The van der Waals surface area contributed by atoms with E-state index in [1.165, 1.54) is 12.1 Å². The van der Waals surface area contributed by atoms with Crippen LogP contribution in [0.15, 0.2) is 24.4 Å². The van der Waals surface area contributed by atoms with E-state index >= 15 is 0 Å². The minimum absolute atomic E-state index is 0.0239. The molecule has 1 aliphatic heterocycles. The summed E-state index contributed by atoms with van der Waals surface area (Å²) >= 11 is 0. The number of aromatic nitrogens is 1. The molecule has 0 radical (unpaired) electrons. The summed E-state index contributed by atoms with van der Waals surface area (Å²) in [6.07, 6.45) is 4.40. The average molecular weight is 304 g/mol. The average Bonchev–Trinajstić information content (AvgIpc) is 2.89. The number of fused-ring (bicyclic) bond motifs is 1. The molecule has 1 amide bonds. The second-order valence-electron chi connectivity index (χ2n) is 6.07. The number of hydrogen-bond donors (Lipinski definition) is 2. The molecule has 0 spiro atoms. The van der Waals surface area contributed by atoms with Gasteiger partial charge in [0.1, 0.15) is 5.82 Å². The van der Waals surface area contributed by atoms with Gasteiger partial charge in [-0.3, -0.25) is 4.79 Å². The first-order valence-electron chi connectivity index (χ1n) is 7.79. The third-order valence-corrected chi connectivity index (χ3v) is 4.50. The van der Waals surface area contributed by atoms with Crippen LogP contribution in [0.5, 0.6) is 0 Å². The molecule has 0 bridgehead atoms. The molecule has 4 nitrogen and oxygen atoms in total. The maximum absolute atomic E-state index is 13.2. The molecule has 1 saturated heterocycles. The van der Waals surface area contributed by atoms with Crippen molar-refractivity contribution in [2.24, 2.45) is 0 Å². The van der Waals surface area contributed by atoms with E-state index in [4.69, 9.17) is 0 Å². The zero-order valence-electron chi connectivity index (χ0n) is 12.7. The monoisotopic (exact) mass is 304 g/mol. The lowest BCUT2D eigenvalue weighted by atomic mass is 9.97. The molecule has 2 unspecified atom stereocenters. The highest BCUT2D eigenvalue weighted by molar-refractivity contribution is 5.89. The van der Waals surface area contributed by atoms with Gasteiger partial charge in [0.25, 0.3) is 0 Å². The Labute approximate surface area is 128 Å². The Morgan fingerprint density at radius 2 is 2.32 bits per heavy atom. The number of hydrogen-bond acceptors (Lipinski definition) is 2. The zero-order valence-corrected chi connectivity index (χ0v) is 12.7. The van der Waals surface area contributed by atoms with Crippen molar-refractivity contribution < 1.29 is 14.3 Å². The van der Waals surface area contributed by atoms with Gasteiger partial charge >= 0.3 is 0 Å². The van der Waals surface area contributed by atoms with Crippen LogP contribution in [-0.2, 0) is 11.2 Å². The maximum atomic E-state index is 13.2. The van der Waals surface area contributed by atoms with E-state index in [-0.39, 0.29) is 24.2 Å². The number of aliphatic hydroxyl groups excluding tert-OH is 1. The summed E-state index contributed by atoms with van der Waals surface area (Å²) in [5.74, 6) is -0.270. The first kappa shape index (κ1) is 15.0. The van der Waals surface area contributed by atoms with Crippen molar-refractivity contribution in [1.82, 2.24) is 9.88 Å². The van der Waals surface area contributed by atoms with Crippen LogP contribution in [0, 0.1) is 5.82 Å². The van der Waals surface area contributed by atoms with E-state index in [9.17, 15) is 14.3 Å². The number of benzene rings is 1. The molecule has 2 N–H and O–H groups in total. The van der Waals surface area contributed by atoms with Crippen molar-refractivity contribution in [3.8, 4) is 0 Å². The Morgan fingerprint density at radius 3 is 3.09 bits per heavy atom. The van der Waals surface area contributed by atoms with E-state index < -0.39 is 6.10 Å². The number of carbonyl (C=O) groups excluding carboxylic acids is 1. The van der Waals surface area contributed by atoms with Crippen LogP contribution >= 0.6 is 0 Å². The lowest BCUT2D eigenvalue weighted by Crippen LogP contribution is -2.49. The van der Waals surface area contributed by atoms with Crippen molar-refractivity contribution >= 4 is 16.8 Å². The van der Waals surface area contributed by atoms with Crippen LogP contribution < -0.4 is 0 Å². The van der Waals surface area contributed by atoms with Crippen LogP contribution in [0.1, 0.15) is 31.7 Å². The highest BCUT2D eigenvalue weighted by Crippen LogP contribution is 2.24. The van der Waals surface area contributed by atoms with Crippen molar-refractivity contribution in [3.05, 3.63) is 35.8 Å². The largest absolute Gasteiger partial charge is 0.391 e. The van der Waals surface area contributed by atoms with Crippen LogP contribution in [0.4, 0.5) is 4.39 Å². The summed E-state index contributed by atoms with van der Waals surface area (Å²) in [7, 11) is 0.